The molecule has 0 saturated heterocycles. The van der Waals surface area contributed by atoms with E-state index in [2.05, 4.69) is 5.32 Å². The van der Waals surface area contributed by atoms with Crippen molar-refractivity contribution in [1.82, 2.24) is 0 Å². The number of thiophene rings is 1. The number of amides is 1. The number of esters is 1. The number of fused-ring (bicyclic) bond motifs is 1. The number of hydrogen-bond donors (Lipinski definition) is 2. The van der Waals surface area contributed by atoms with Crippen LogP contribution in [-0.2, 0) is 27.2 Å². The van der Waals surface area contributed by atoms with E-state index in [1.165, 1.54) is 11.3 Å². The Balaban J connectivity index is 1.90. The van der Waals surface area contributed by atoms with Crippen LogP contribution in [0.25, 0.3) is 0 Å². The molecule has 0 aliphatic heterocycles. The van der Waals surface area contributed by atoms with Crippen molar-refractivity contribution >= 4 is 45.8 Å². The largest absolute Gasteiger partial charge is 0.481 e. The van der Waals surface area contributed by atoms with Crippen molar-refractivity contribution in [2.45, 2.75) is 51.9 Å². The van der Waals surface area contributed by atoms with Crippen LogP contribution in [0.15, 0.2) is 11.1 Å². The smallest absolute Gasteiger partial charge is 0.341 e. The van der Waals surface area contributed by atoms with Gasteiger partial charge >= 0.3 is 11.9 Å². The molecule has 0 spiro atoms. The average molecular weight is 426 g/mol. The molecule has 0 aromatic carbocycles. The maximum absolute atomic E-state index is 12.9. The first-order valence-electron chi connectivity index (χ1n) is 9.62. The zero-order valence-electron chi connectivity index (χ0n) is 15.8. The van der Waals surface area contributed by atoms with Crippen molar-refractivity contribution in [2.75, 3.05) is 11.9 Å². The van der Waals surface area contributed by atoms with E-state index in [9.17, 15) is 19.5 Å². The van der Waals surface area contributed by atoms with Gasteiger partial charge in [0.2, 0.25) is 5.91 Å². The molecule has 6 nitrogen and oxygen atoms in total. The molecular formula is C20H24ClNO5S. The van der Waals surface area contributed by atoms with Crippen molar-refractivity contribution < 1.29 is 24.2 Å². The first kappa shape index (κ1) is 20.9. The van der Waals surface area contributed by atoms with Gasteiger partial charge in [0.1, 0.15) is 5.00 Å². The standard InChI is InChI=1S/C20H24ClNO5S/c1-2-27-20(26)16-13-6-4-3-5-7-15(13)28-18(16)22-17(23)14-10-11(21)8-9-12(14)19(24)25/h8,12,14H,2-7,9-10H2,1H3,(H,22,23)(H,24,25)/t12-,14+/m1/s1. The molecule has 0 radical (unpaired) electrons. The lowest BCUT2D eigenvalue weighted by atomic mass is 9.82. The number of allylic oxidation sites excluding steroid dienone is 2. The zero-order chi connectivity index (χ0) is 20.3. The first-order chi connectivity index (χ1) is 13.4. The topological polar surface area (TPSA) is 92.7 Å². The molecule has 8 heteroatoms. The maximum atomic E-state index is 12.9. The molecule has 2 aliphatic rings. The number of carboxylic acid groups (broad SMARTS) is 1. The van der Waals surface area contributed by atoms with Gasteiger partial charge < -0.3 is 15.2 Å². The minimum Gasteiger partial charge on any atom is -0.481 e. The fourth-order valence-electron chi connectivity index (χ4n) is 3.86. The van der Waals surface area contributed by atoms with E-state index in [-0.39, 0.29) is 19.4 Å². The maximum Gasteiger partial charge on any atom is 0.341 e. The molecule has 2 N–H and O–H groups in total. The average Bonchev–Trinajstić information content (AvgIpc) is 2.82. The summed E-state index contributed by atoms with van der Waals surface area (Å²) in [5.74, 6) is -3.47. The molecule has 0 saturated carbocycles. The second-order valence-corrected chi connectivity index (χ2v) is 8.71. The van der Waals surface area contributed by atoms with Crippen LogP contribution in [0, 0.1) is 11.8 Å². The van der Waals surface area contributed by atoms with Crippen LogP contribution in [0.4, 0.5) is 5.00 Å². The summed E-state index contributed by atoms with van der Waals surface area (Å²) in [6.07, 6.45) is 6.87. The van der Waals surface area contributed by atoms with Crippen LogP contribution in [-0.4, -0.2) is 29.6 Å². The number of anilines is 1. The normalized spacial score (nSPS) is 21.9. The predicted molar refractivity (Wildman–Crippen MR) is 108 cm³/mol. The molecule has 2 atom stereocenters. The summed E-state index contributed by atoms with van der Waals surface area (Å²) in [4.78, 5) is 38.2. The van der Waals surface area contributed by atoms with Crippen molar-refractivity contribution in [2.24, 2.45) is 11.8 Å². The van der Waals surface area contributed by atoms with Gasteiger partial charge in [-0.05, 0) is 51.0 Å². The number of rotatable bonds is 5. The fourth-order valence-corrected chi connectivity index (χ4v) is 5.39. The summed E-state index contributed by atoms with van der Waals surface area (Å²) in [6.45, 7) is 2.00. The molecule has 1 aromatic rings. The molecule has 0 fully saturated rings. The van der Waals surface area contributed by atoms with Crippen molar-refractivity contribution in [3.8, 4) is 0 Å². The van der Waals surface area contributed by atoms with E-state index in [0.717, 1.165) is 42.5 Å². The highest BCUT2D eigenvalue weighted by Gasteiger charge is 2.37. The van der Waals surface area contributed by atoms with Gasteiger partial charge in [-0.15, -0.1) is 11.3 Å². The highest BCUT2D eigenvalue weighted by atomic mass is 35.5. The number of ether oxygens (including phenoxy) is 1. The van der Waals surface area contributed by atoms with Gasteiger partial charge in [0.25, 0.3) is 0 Å². The van der Waals surface area contributed by atoms with Gasteiger partial charge in [0.05, 0.1) is 24.0 Å². The molecular weight excluding hydrogens is 402 g/mol. The second-order valence-electron chi connectivity index (χ2n) is 7.12. The highest BCUT2D eigenvalue weighted by Crippen LogP contribution is 2.39. The molecule has 1 heterocycles. The van der Waals surface area contributed by atoms with Crippen LogP contribution >= 0.6 is 22.9 Å². The molecule has 2 aliphatic carbocycles. The molecule has 28 heavy (non-hydrogen) atoms. The Hall–Kier alpha value is -1.86. The van der Waals surface area contributed by atoms with Crippen molar-refractivity contribution in [3.63, 3.8) is 0 Å². The van der Waals surface area contributed by atoms with Crippen LogP contribution in [0.1, 0.15) is 59.8 Å². The second kappa shape index (κ2) is 9.09. The van der Waals surface area contributed by atoms with Crippen molar-refractivity contribution in [3.05, 3.63) is 27.1 Å². The zero-order valence-corrected chi connectivity index (χ0v) is 17.3. The van der Waals surface area contributed by atoms with E-state index < -0.39 is 29.7 Å². The SMILES string of the molecule is CCOC(=O)c1c(NC(=O)[C@H]2CC(Cl)=CC[C@H]2C(=O)O)sc2c1CCCCC2. The Morgan fingerprint density at radius 1 is 1.25 bits per heavy atom. The quantitative estimate of drug-likeness (QED) is 0.539. The van der Waals surface area contributed by atoms with Gasteiger partial charge in [-0.3, -0.25) is 9.59 Å². The summed E-state index contributed by atoms with van der Waals surface area (Å²) < 4.78 is 5.23. The lowest BCUT2D eigenvalue weighted by molar-refractivity contribution is -0.146. The summed E-state index contributed by atoms with van der Waals surface area (Å²) in [6, 6.07) is 0. The summed E-state index contributed by atoms with van der Waals surface area (Å²) >= 11 is 7.47. The van der Waals surface area contributed by atoms with Crippen molar-refractivity contribution in [1.29, 1.82) is 0 Å². The Bertz CT molecular complexity index is 816. The minimum atomic E-state index is -1.02. The van der Waals surface area contributed by atoms with E-state index in [1.807, 2.05) is 0 Å². The summed E-state index contributed by atoms with van der Waals surface area (Å²) in [5, 5.41) is 13.2. The van der Waals surface area contributed by atoms with E-state index >= 15 is 0 Å². The summed E-state index contributed by atoms with van der Waals surface area (Å²) in [7, 11) is 0. The van der Waals surface area contributed by atoms with Gasteiger partial charge in [0.15, 0.2) is 0 Å². The van der Waals surface area contributed by atoms with Gasteiger partial charge in [-0.2, -0.15) is 0 Å². The number of carbonyl (C=O) groups is 3. The minimum absolute atomic E-state index is 0.185. The number of carbonyl (C=O) groups excluding carboxylic acids is 2. The van der Waals surface area contributed by atoms with Gasteiger partial charge in [-0.1, -0.05) is 24.1 Å². The third-order valence-corrected chi connectivity index (χ3v) is 6.80. The first-order valence-corrected chi connectivity index (χ1v) is 10.8. The Morgan fingerprint density at radius 2 is 2.00 bits per heavy atom. The molecule has 1 aromatic heterocycles. The Kier molecular flexibility index (Phi) is 6.78. The molecule has 0 unspecified atom stereocenters. The monoisotopic (exact) mass is 425 g/mol. The lowest BCUT2D eigenvalue weighted by Gasteiger charge is -2.25. The van der Waals surface area contributed by atoms with E-state index in [1.54, 1.807) is 13.0 Å². The number of aryl methyl sites for hydroxylation is 1. The van der Waals surface area contributed by atoms with Crippen LogP contribution in [0.2, 0.25) is 0 Å². The third kappa shape index (κ3) is 4.41. The van der Waals surface area contributed by atoms with Crippen LogP contribution in [0.3, 0.4) is 0 Å². The predicted octanol–water partition coefficient (Wildman–Crippen LogP) is 4.37. The van der Waals surface area contributed by atoms with Crippen LogP contribution < -0.4 is 5.32 Å². The third-order valence-electron chi connectivity index (χ3n) is 5.29. The Labute approximate surface area is 172 Å². The highest BCUT2D eigenvalue weighted by molar-refractivity contribution is 7.17. The van der Waals surface area contributed by atoms with Gasteiger partial charge in [-0.25, -0.2) is 4.79 Å². The van der Waals surface area contributed by atoms with E-state index in [0.29, 0.717) is 15.6 Å². The number of aliphatic carboxylic acids is 1. The summed E-state index contributed by atoms with van der Waals surface area (Å²) in [5.41, 5.74) is 1.40. The number of nitrogens with one attached hydrogen (secondary N) is 1. The number of halogens is 1. The van der Waals surface area contributed by atoms with Crippen LogP contribution in [0.5, 0.6) is 0 Å². The number of carboxylic acids is 1. The Morgan fingerprint density at radius 3 is 2.71 bits per heavy atom. The molecule has 0 bridgehead atoms. The molecule has 152 valence electrons. The van der Waals surface area contributed by atoms with E-state index in [4.69, 9.17) is 16.3 Å². The molecule has 1 amide bonds. The number of hydrogen-bond acceptors (Lipinski definition) is 5. The lowest BCUT2D eigenvalue weighted by Crippen LogP contribution is -2.35. The molecule has 3 rings (SSSR count). The van der Waals surface area contributed by atoms with Gasteiger partial charge in [0, 0.05) is 9.91 Å². The fraction of sp³-hybridized carbons (Fsp3) is 0.550.